The van der Waals surface area contributed by atoms with Gasteiger partial charge in [-0.25, -0.2) is 8.42 Å². The minimum absolute atomic E-state index is 0.00972. The minimum Gasteiger partial charge on any atom is -0.480 e. The zero-order chi connectivity index (χ0) is 11.9. The molecule has 0 saturated heterocycles. The summed E-state index contributed by atoms with van der Waals surface area (Å²) in [6, 6.07) is 0. The highest BCUT2D eigenvalue weighted by molar-refractivity contribution is 7.92. The van der Waals surface area contributed by atoms with Gasteiger partial charge in [0.05, 0.1) is 5.75 Å². The van der Waals surface area contributed by atoms with Gasteiger partial charge < -0.3 is 5.11 Å². The van der Waals surface area contributed by atoms with Gasteiger partial charge in [-0.3, -0.25) is 4.79 Å². The van der Waals surface area contributed by atoms with Gasteiger partial charge in [-0.1, -0.05) is 33.1 Å². The fourth-order valence-electron chi connectivity index (χ4n) is 1.50. The molecule has 0 spiro atoms. The van der Waals surface area contributed by atoms with Gasteiger partial charge in [-0.05, 0) is 12.3 Å². The van der Waals surface area contributed by atoms with Gasteiger partial charge >= 0.3 is 5.97 Å². The summed E-state index contributed by atoms with van der Waals surface area (Å²) in [5, 5.41) is 8.43. The van der Waals surface area contributed by atoms with Crippen molar-refractivity contribution in [3.05, 3.63) is 0 Å². The third-order valence-electron chi connectivity index (χ3n) is 2.38. The molecule has 0 aliphatic rings. The number of sulfone groups is 1. The first-order valence-electron chi connectivity index (χ1n) is 5.33. The molecule has 0 aliphatic heterocycles. The summed E-state index contributed by atoms with van der Waals surface area (Å²) in [6.07, 6.45) is 3.70. The molecule has 0 amide bonds. The molecule has 15 heavy (non-hydrogen) atoms. The second-order valence-electron chi connectivity index (χ2n) is 3.86. The molecular formula is C10H20O4S. The fraction of sp³-hybridized carbons (Fsp3) is 0.900. The van der Waals surface area contributed by atoms with Gasteiger partial charge in [-0.15, -0.1) is 0 Å². The lowest BCUT2D eigenvalue weighted by molar-refractivity contribution is -0.134. The van der Waals surface area contributed by atoms with E-state index < -0.39 is 21.6 Å². The standard InChI is InChI=1S/C10H20O4S/c1-3-5-6-9(4-2)7-15(13,14)8-10(11)12/h9H,3-8H2,1-2H3,(H,11,12). The highest BCUT2D eigenvalue weighted by Crippen LogP contribution is 2.15. The molecule has 4 nitrogen and oxygen atoms in total. The van der Waals surface area contributed by atoms with E-state index >= 15 is 0 Å². The molecule has 0 fully saturated rings. The lowest BCUT2D eigenvalue weighted by Gasteiger charge is -2.13. The number of unbranched alkanes of at least 4 members (excludes halogenated alkanes) is 1. The molecule has 0 saturated carbocycles. The van der Waals surface area contributed by atoms with Crippen LogP contribution in [0.3, 0.4) is 0 Å². The largest absolute Gasteiger partial charge is 0.480 e. The molecule has 0 aliphatic carbocycles. The Morgan fingerprint density at radius 2 is 1.93 bits per heavy atom. The molecule has 90 valence electrons. The minimum atomic E-state index is -3.42. The van der Waals surface area contributed by atoms with Crippen molar-refractivity contribution in [3.63, 3.8) is 0 Å². The summed E-state index contributed by atoms with van der Waals surface area (Å²) >= 11 is 0. The molecule has 0 aromatic rings. The molecule has 1 N–H and O–H groups in total. The van der Waals surface area contributed by atoms with Crippen LogP contribution in [0.4, 0.5) is 0 Å². The number of hydrogen-bond donors (Lipinski definition) is 1. The van der Waals surface area contributed by atoms with Crippen molar-refractivity contribution in [2.24, 2.45) is 5.92 Å². The summed E-state index contributed by atoms with van der Waals surface area (Å²) < 4.78 is 22.8. The van der Waals surface area contributed by atoms with Crippen LogP contribution >= 0.6 is 0 Å². The molecule has 0 aromatic heterocycles. The van der Waals surface area contributed by atoms with Crippen LogP contribution in [-0.4, -0.2) is 31.0 Å². The van der Waals surface area contributed by atoms with Crippen molar-refractivity contribution < 1.29 is 18.3 Å². The summed E-state index contributed by atoms with van der Waals surface area (Å²) in [5.41, 5.74) is 0. The summed E-state index contributed by atoms with van der Waals surface area (Å²) in [6.45, 7) is 4.00. The van der Waals surface area contributed by atoms with Gasteiger partial charge in [-0.2, -0.15) is 0 Å². The Kier molecular flexibility index (Phi) is 6.56. The molecule has 0 rings (SSSR count). The Balaban J connectivity index is 4.21. The smallest absolute Gasteiger partial charge is 0.318 e. The van der Waals surface area contributed by atoms with E-state index in [0.29, 0.717) is 0 Å². The van der Waals surface area contributed by atoms with Gasteiger partial charge in [0.15, 0.2) is 9.84 Å². The first-order valence-corrected chi connectivity index (χ1v) is 7.15. The van der Waals surface area contributed by atoms with Crippen LogP contribution in [0.15, 0.2) is 0 Å². The van der Waals surface area contributed by atoms with Crippen LogP contribution < -0.4 is 0 Å². The predicted molar refractivity (Wildman–Crippen MR) is 59.6 cm³/mol. The van der Waals surface area contributed by atoms with Crippen molar-refractivity contribution in [1.82, 2.24) is 0 Å². The maximum Gasteiger partial charge on any atom is 0.318 e. The van der Waals surface area contributed by atoms with E-state index in [1.807, 2.05) is 6.92 Å². The Morgan fingerprint density at radius 1 is 1.33 bits per heavy atom. The van der Waals surface area contributed by atoms with Crippen LogP contribution in [0.25, 0.3) is 0 Å². The van der Waals surface area contributed by atoms with Crippen molar-refractivity contribution in [1.29, 1.82) is 0 Å². The Labute approximate surface area is 91.6 Å². The fourth-order valence-corrected chi connectivity index (χ4v) is 3.12. The maximum absolute atomic E-state index is 11.4. The second-order valence-corrected chi connectivity index (χ2v) is 5.97. The van der Waals surface area contributed by atoms with Gasteiger partial charge in [0, 0.05) is 0 Å². The van der Waals surface area contributed by atoms with Gasteiger partial charge in [0.1, 0.15) is 5.75 Å². The van der Waals surface area contributed by atoms with Crippen molar-refractivity contribution in [3.8, 4) is 0 Å². The van der Waals surface area contributed by atoms with E-state index in [-0.39, 0.29) is 11.7 Å². The van der Waals surface area contributed by atoms with Crippen LogP contribution in [0.5, 0.6) is 0 Å². The average molecular weight is 236 g/mol. The summed E-state index contributed by atoms with van der Waals surface area (Å²) in [4.78, 5) is 10.3. The number of rotatable bonds is 8. The van der Waals surface area contributed by atoms with E-state index in [4.69, 9.17) is 5.11 Å². The van der Waals surface area contributed by atoms with Gasteiger partial charge in [0.2, 0.25) is 0 Å². The molecular weight excluding hydrogens is 216 g/mol. The zero-order valence-corrected chi connectivity index (χ0v) is 10.2. The lowest BCUT2D eigenvalue weighted by atomic mass is 10.0. The average Bonchev–Trinajstić information content (AvgIpc) is 2.09. The lowest BCUT2D eigenvalue weighted by Crippen LogP contribution is -2.23. The zero-order valence-electron chi connectivity index (χ0n) is 9.40. The quantitative estimate of drug-likeness (QED) is 0.696. The van der Waals surface area contributed by atoms with E-state index in [0.717, 1.165) is 25.7 Å². The van der Waals surface area contributed by atoms with E-state index in [1.165, 1.54) is 0 Å². The monoisotopic (exact) mass is 236 g/mol. The van der Waals surface area contributed by atoms with E-state index in [1.54, 1.807) is 0 Å². The summed E-state index contributed by atoms with van der Waals surface area (Å²) in [7, 11) is -3.42. The van der Waals surface area contributed by atoms with Crippen molar-refractivity contribution in [2.45, 2.75) is 39.5 Å². The van der Waals surface area contributed by atoms with Gasteiger partial charge in [0.25, 0.3) is 0 Å². The molecule has 0 bridgehead atoms. The number of carboxylic acids is 1. The third-order valence-corrected chi connectivity index (χ3v) is 4.04. The first-order chi connectivity index (χ1) is 6.91. The maximum atomic E-state index is 11.4. The molecule has 0 aromatic carbocycles. The third kappa shape index (κ3) is 7.36. The Morgan fingerprint density at radius 3 is 2.33 bits per heavy atom. The number of carbonyl (C=O) groups is 1. The van der Waals surface area contributed by atoms with E-state index in [9.17, 15) is 13.2 Å². The van der Waals surface area contributed by atoms with Crippen LogP contribution in [-0.2, 0) is 14.6 Å². The highest BCUT2D eigenvalue weighted by Gasteiger charge is 2.20. The molecule has 1 unspecified atom stereocenters. The summed E-state index contributed by atoms with van der Waals surface area (Å²) in [5.74, 6) is -1.89. The molecule has 1 atom stereocenters. The van der Waals surface area contributed by atoms with Crippen LogP contribution in [0, 0.1) is 5.92 Å². The second kappa shape index (κ2) is 6.82. The topological polar surface area (TPSA) is 71.4 Å². The number of carboxylic acid groups (broad SMARTS) is 1. The van der Waals surface area contributed by atoms with Crippen molar-refractivity contribution in [2.75, 3.05) is 11.5 Å². The normalized spacial score (nSPS) is 13.7. The molecule has 0 radical (unpaired) electrons. The van der Waals surface area contributed by atoms with Crippen molar-refractivity contribution >= 4 is 15.8 Å². The highest BCUT2D eigenvalue weighted by atomic mass is 32.2. The Bertz CT molecular complexity index is 282. The molecule has 5 heteroatoms. The SMILES string of the molecule is CCCCC(CC)CS(=O)(=O)CC(=O)O. The van der Waals surface area contributed by atoms with E-state index in [2.05, 4.69) is 6.92 Å². The first kappa shape index (κ1) is 14.4. The Hall–Kier alpha value is -0.580. The number of hydrogen-bond acceptors (Lipinski definition) is 3. The predicted octanol–water partition coefficient (Wildman–Crippen LogP) is 1.70. The number of aliphatic carboxylic acids is 1. The molecule has 0 heterocycles. The van der Waals surface area contributed by atoms with Crippen LogP contribution in [0.2, 0.25) is 0 Å². The van der Waals surface area contributed by atoms with Crippen LogP contribution in [0.1, 0.15) is 39.5 Å².